The largest absolute Gasteiger partial charge is 0.393 e. The summed E-state index contributed by atoms with van der Waals surface area (Å²) < 4.78 is 0. The van der Waals surface area contributed by atoms with Crippen molar-refractivity contribution in [3.05, 3.63) is 0 Å². The maximum absolute atomic E-state index is 11.0. The van der Waals surface area contributed by atoms with E-state index in [1.165, 1.54) is 44.9 Å². The standard InChI is InChI=1S/C21H36O/c1-13-10-14(2)21(4)17-7-9-20(3)8-5-6-16(20)15(17)12-19(22)18(21)11-13/h13-19,22H,5-12H2,1-4H3/t13?,14-,15?,16?,17?,18?,19?,20+,21?/m1/s1. The van der Waals surface area contributed by atoms with E-state index in [2.05, 4.69) is 27.7 Å². The smallest absolute Gasteiger partial charge is 0.0576 e. The lowest BCUT2D eigenvalue weighted by Gasteiger charge is -2.64. The number of hydrogen-bond donors (Lipinski definition) is 1. The Morgan fingerprint density at radius 1 is 0.864 bits per heavy atom. The number of rotatable bonds is 0. The summed E-state index contributed by atoms with van der Waals surface area (Å²) in [6.07, 6.45) is 11.0. The van der Waals surface area contributed by atoms with Crippen molar-refractivity contribution < 1.29 is 5.11 Å². The average Bonchev–Trinajstić information content (AvgIpc) is 2.84. The third-order valence-corrected chi connectivity index (χ3v) is 9.27. The van der Waals surface area contributed by atoms with Crippen LogP contribution in [0.5, 0.6) is 0 Å². The molecule has 4 saturated carbocycles. The van der Waals surface area contributed by atoms with Crippen molar-refractivity contribution in [2.24, 2.45) is 46.3 Å². The predicted octanol–water partition coefficient (Wildman–Crippen LogP) is 5.27. The summed E-state index contributed by atoms with van der Waals surface area (Å²) in [6, 6.07) is 0. The molecular weight excluding hydrogens is 268 g/mol. The molecule has 9 atom stereocenters. The van der Waals surface area contributed by atoms with Crippen LogP contribution in [0.1, 0.15) is 79.1 Å². The van der Waals surface area contributed by atoms with E-state index in [1.54, 1.807) is 0 Å². The van der Waals surface area contributed by atoms with Gasteiger partial charge < -0.3 is 5.11 Å². The van der Waals surface area contributed by atoms with Gasteiger partial charge in [-0.15, -0.1) is 0 Å². The Morgan fingerprint density at radius 3 is 2.41 bits per heavy atom. The van der Waals surface area contributed by atoms with Crippen molar-refractivity contribution in [3.63, 3.8) is 0 Å². The number of fused-ring (bicyclic) bond motifs is 5. The van der Waals surface area contributed by atoms with E-state index in [0.29, 0.717) is 16.7 Å². The van der Waals surface area contributed by atoms with Gasteiger partial charge in [-0.3, -0.25) is 0 Å². The molecule has 0 spiro atoms. The summed E-state index contributed by atoms with van der Waals surface area (Å²) in [4.78, 5) is 0. The zero-order valence-electron chi connectivity index (χ0n) is 15.1. The molecule has 7 unspecified atom stereocenters. The van der Waals surface area contributed by atoms with Crippen molar-refractivity contribution >= 4 is 0 Å². The second kappa shape index (κ2) is 4.98. The molecule has 0 radical (unpaired) electrons. The molecule has 126 valence electrons. The van der Waals surface area contributed by atoms with E-state index < -0.39 is 0 Å². The van der Waals surface area contributed by atoms with Crippen LogP contribution >= 0.6 is 0 Å². The first-order valence-corrected chi connectivity index (χ1v) is 10.0. The maximum atomic E-state index is 11.0. The highest BCUT2D eigenvalue weighted by molar-refractivity contribution is 5.10. The van der Waals surface area contributed by atoms with Gasteiger partial charge in [-0.05, 0) is 91.3 Å². The first-order valence-electron chi connectivity index (χ1n) is 10.0. The Morgan fingerprint density at radius 2 is 1.64 bits per heavy atom. The van der Waals surface area contributed by atoms with Crippen LogP contribution in [0.3, 0.4) is 0 Å². The van der Waals surface area contributed by atoms with E-state index in [0.717, 1.165) is 36.0 Å². The van der Waals surface area contributed by atoms with E-state index in [1.807, 2.05) is 0 Å². The van der Waals surface area contributed by atoms with E-state index >= 15 is 0 Å². The third-order valence-electron chi connectivity index (χ3n) is 9.27. The van der Waals surface area contributed by atoms with Gasteiger partial charge in [0.2, 0.25) is 0 Å². The van der Waals surface area contributed by atoms with Crippen molar-refractivity contribution in [2.45, 2.75) is 85.2 Å². The lowest BCUT2D eigenvalue weighted by molar-refractivity contribution is -0.180. The van der Waals surface area contributed by atoms with Crippen LogP contribution in [0.25, 0.3) is 0 Å². The van der Waals surface area contributed by atoms with Crippen molar-refractivity contribution in [2.75, 3.05) is 0 Å². The van der Waals surface area contributed by atoms with Gasteiger partial charge in [-0.2, -0.15) is 0 Å². The van der Waals surface area contributed by atoms with Crippen molar-refractivity contribution in [1.82, 2.24) is 0 Å². The number of aliphatic hydroxyl groups is 1. The van der Waals surface area contributed by atoms with Crippen LogP contribution in [0.15, 0.2) is 0 Å². The zero-order chi connectivity index (χ0) is 15.7. The first kappa shape index (κ1) is 15.5. The van der Waals surface area contributed by atoms with Gasteiger partial charge in [0.1, 0.15) is 0 Å². The minimum Gasteiger partial charge on any atom is -0.393 e. The quantitative estimate of drug-likeness (QED) is 0.646. The second-order valence-electron chi connectivity index (χ2n) is 10.2. The SMILES string of the molecule is CC1CC2C(O)CC3C(CC[C@]4(C)CCCC34)C2(C)[C@H](C)C1. The van der Waals surface area contributed by atoms with Gasteiger partial charge in [-0.25, -0.2) is 0 Å². The Labute approximate surface area is 137 Å². The molecule has 4 rings (SSSR count). The molecule has 4 aliphatic carbocycles. The summed E-state index contributed by atoms with van der Waals surface area (Å²) in [5.41, 5.74) is 1.01. The fourth-order valence-electron chi connectivity index (χ4n) is 8.04. The molecule has 22 heavy (non-hydrogen) atoms. The van der Waals surface area contributed by atoms with Crippen LogP contribution in [0.2, 0.25) is 0 Å². The Bertz CT molecular complexity index is 445. The topological polar surface area (TPSA) is 20.2 Å². The van der Waals surface area contributed by atoms with Gasteiger partial charge in [-0.1, -0.05) is 34.1 Å². The lowest BCUT2D eigenvalue weighted by atomic mass is 9.42. The molecule has 0 heterocycles. The molecule has 0 aromatic rings. The zero-order valence-corrected chi connectivity index (χ0v) is 15.1. The monoisotopic (exact) mass is 304 g/mol. The summed E-state index contributed by atoms with van der Waals surface area (Å²) in [5, 5.41) is 11.0. The molecule has 4 fully saturated rings. The minimum absolute atomic E-state index is 0.0283. The molecule has 1 heteroatoms. The molecule has 0 aromatic heterocycles. The Balaban J connectivity index is 1.70. The number of hydrogen-bond acceptors (Lipinski definition) is 1. The predicted molar refractivity (Wildman–Crippen MR) is 91.4 cm³/mol. The lowest BCUT2D eigenvalue weighted by Crippen LogP contribution is -2.59. The first-order chi connectivity index (χ1) is 10.4. The molecule has 1 N–H and O–H groups in total. The molecular formula is C21H36O. The van der Waals surface area contributed by atoms with Crippen molar-refractivity contribution in [1.29, 1.82) is 0 Å². The third kappa shape index (κ3) is 1.93. The Kier molecular flexibility index (Phi) is 3.50. The van der Waals surface area contributed by atoms with E-state index in [4.69, 9.17) is 0 Å². The van der Waals surface area contributed by atoms with Crippen LogP contribution in [-0.4, -0.2) is 11.2 Å². The summed E-state index contributed by atoms with van der Waals surface area (Å²) in [5.74, 6) is 4.77. The summed E-state index contributed by atoms with van der Waals surface area (Å²) >= 11 is 0. The average molecular weight is 305 g/mol. The van der Waals surface area contributed by atoms with Gasteiger partial charge in [0, 0.05) is 0 Å². The highest BCUT2D eigenvalue weighted by Gasteiger charge is 2.61. The highest BCUT2D eigenvalue weighted by Crippen LogP contribution is 2.67. The fraction of sp³-hybridized carbons (Fsp3) is 1.00. The molecule has 0 bridgehead atoms. The van der Waals surface area contributed by atoms with Gasteiger partial charge in [0.15, 0.2) is 0 Å². The van der Waals surface area contributed by atoms with Crippen LogP contribution in [0.4, 0.5) is 0 Å². The molecule has 0 aromatic carbocycles. The Hall–Kier alpha value is -0.0400. The molecule has 0 saturated heterocycles. The summed E-state index contributed by atoms with van der Waals surface area (Å²) in [6.45, 7) is 10.0. The normalized spacial score (nSPS) is 61.2. The molecule has 0 amide bonds. The highest BCUT2D eigenvalue weighted by atomic mass is 16.3. The molecule has 0 aliphatic heterocycles. The van der Waals surface area contributed by atoms with Crippen LogP contribution in [0, 0.1) is 46.3 Å². The maximum Gasteiger partial charge on any atom is 0.0576 e. The fourth-order valence-corrected chi connectivity index (χ4v) is 8.04. The number of aliphatic hydroxyl groups excluding tert-OH is 1. The molecule has 4 aliphatic rings. The van der Waals surface area contributed by atoms with E-state index in [9.17, 15) is 5.11 Å². The van der Waals surface area contributed by atoms with Crippen LogP contribution < -0.4 is 0 Å². The van der Waals surface area contributed by atoms with Crippen molar-refractivity contribution in [3.8, 4) is 0 Å². The van der Waals surface area contributed by atoms with Crippen LogP contribution in [-0.2, 0) is 0 Å². The van der Waals surface area contributed by atoms with E-state index in [-0.39, 0.29) is 6.10 Å². The minimum atomic E-state index is -0.0283. The van der Waals surface area contributed by atoms with Gasteiger partial charge in [0.25, 0.3) is 0 Å². The van der Waals surface area contributed by atoms with Gasteiger partial charge in [0.05, 0.1) is 6.10 Å². The molecule has 1 nitrogen and oxygen atoms in total. The van der Waals surface area contributed by atoms with Gasteiger partial charge >= 0.3 is 0 Å². The second-order valence-corrected chi connectivity index (χ2v) is 10.2. The summed E-state index contributed by atoms with van der Waals surface area (Å²) in [7, 11) is 0.